The smallest absolute Gasteiger partial charge is 0.319 e. The van der Waals surface area contributed by atoms with E-state index in [0.29, 0.717) is 0 Å². The minimum atomic E-state index is -0.441. The van der Waals surface area contributed by atoms with E-state index in [1.807, 2.05) is 24.3 Å². The highest BCUT2D eigenvalue weighted by molar-refractivity contribution is 5.75. The molecule has 0 aliphatic rings. The Morgan fingerprint density at radius 1 is 1.14 bits per heavy atom. The number of para-hydroxylation sites is 1. The molecule has 0 amide bonds. The Bertz CT molecular complexity index is 622. The number of carbonyl (C=O) groups is 2. The van der Waals surface area contributed by atoms with Gasteiger partial charge in [0.1, 0.15) is 5.52 Å². The minimum absolute atomic E-state index is 0.0419. The SMILES string of the molecule is COC(=O)CN(CC(=O)OC)Cn1nnc2ccccc21. The summed E-state index contributed by atoms with van der Waals surface area (Å²) in [4.78, 5) is 24.4. The molecule has 0 N–H and O–H groups in total. The monoisotopic (exact) mass is 292 g/mol. The second kappa shape index (κ2) is 6.80. The van der Waals surface area contributed by atoms with Crippen molar-refractivity contribution in [1.29, 1.82) is 0 Å². The second-order valence-electron chi connectivity index (χ2n) is 4.36. The molecule has 0 bridgehead atoms. The lowest BCUT2D eigenvalue weighted by Crippen LogP contribution is -2.37. The van der Waals surface area contributed by atoms with Crippen LogP contribution in [0.4, 0.5) is 0 Å². The van der Waals surface area contributed by atoms with E-state index < -0.39 is 11.9 Å². The van der Waals surface area contributed by atoms with Gasteiger partial charge in [-0.25, -0.2) is 4.68 Å². The van der Waals surface area contributed by atoms with E-state index >= 15 is 0 Å². The third-order valence-corrected chi connectivity index (χ3v) is 2.91. The van der Waals surface area contributed by atoms with Gasteiger partial charge in [-0.05, 0) is 12.1 Å². The van der Waals surface area contributed by atoms with E-state index in [1.54, 1.807) is 9.58 Å². The topological polar surface area (TPSA) is 86.5 Å². The van der Waals surface area contributed by atoms with E-state index in [2.05, 4.69) is 19.8 Å². The Hall–Kier alpha value is -2.48. The van der Waals surface area contributed by atoms with Crippen molar-refractivity contribution >= 4 is 23.0 Å². The number of rotatable bonds is 6. The van der Waals surface area contributed by atoms with Crippen LogP contribution in [0.5, 0.6) is 0 Å². The first-order valence-electron chi connectivity index (χ1n) is 6.28. The molecule has 0 aliphatic heterocycles. The largest absolute Gasteiger partial charge is 0.468 e. The van der Waals surface area contributed by atoms with Crippen LogP contribution in [-0.2, 0) is 25.7 Å². The van der Waals surface area contributed by atoms with Crippen molar-refractivity contribution in [3.63, 3.8) is 0 Å². The molecule has 0 radical (unpaired) electrons. The van der Waals surface area contributed by atoms with E-state index in [0.717, 1.165) is 11.0 Å². The molecule has 1 aromatic heterocycles. The first-order valence-corrected chi connectivity index (χ1v) is 6.28. The van der Waals surface area contributed by atoms with Gasteiger partial charge in [0, 0.05) is 0 Å². The van der Waals surface area contributed by atoms with Gasteiger partial charge in [-0.15, -0.1) is 5.10 Å². The predicted octanol–water partition coefficient (Wildman–Crippen LogP) is 0.0368. The Labute approximate surface area is 121 Å². The summed E-state index contributed by atoms with van der Waals surface area (Å²) >= 11 is 0. The van der Waals surface area contributed by atoms with Gasteiger partial charge in [-0.1, -0.05) is 17.3 Å². The van der Waals surface area contributed by atoms with E-state index in [4.69, 9.17) is 0 Å². The Morgan fingerprint density at radius 2 is 1.76 bits per heavy atom. The van der Waals surface area contributed by atoms with E-state index in [9.17, 15) is 9.59 Å². The molecule has 0 atom stereocenters. The van der Waals surface area contributed by atoms with Crippen LogP contribution in [0.25, 0.3) is 11.0 Å². The summed E-state index contributed by atoms with van der Waals surface area (Å²) in [7, 11) is 2.59. The predicted molar refractivity (Wildman–Crippen MR) is 73.1 cm³/mol. The first-order chi connectivity index (χ1) is 10.1. The maximum atomic E-state index is 11.4. The van der Waals surface area contributed by atoms with Gasteiger partial charge in [-0.2, -0.15) is 0 Å². The normalized spacial score (nSPS) is 10.8. The first kappa shape index (κ1) is 14.9. The van der Waals surface area contributed by atoms with Crippen LogP contribution in [0, 0.1) is 0 Å². The number of carbonyl (C=O) groups excluding carboxylic acids is 2. The molecule has 2 rings (SSSR count). The quantitative estimate of drug-likeness (QED) is 0.694. The average molecular weight is 292 g/mol. The molecule has 0 saturated carbocycles. The molecule has 8 heteroatoms. The fourth-order valence-electron chi connectivity index (χ4n) is 1.86. The highest BCUT2D eigenvalue weighted by atomic mass is 16.5. The second-order valence-corrected chi connectivity index (χ2v) is 4.36. The molecule has 8 nitrogen and oxygen atoms in total. The van der Waals surface area contributed by atoms with Crippen LogP contribution in [0.3, 0.4) is 0 Å². The molecular formula is C13H16N4O4. The fraction of sp³-hybridized carbons (Fsp3) is 0.385. The van der Waals surface area contributed by atoms with E-state index in [-0.39, 0.29) is 19.8 Å². The Balaban J connectivity index is 2.16. The Kier molecular flexibility index (Phi) is 4.83. The van der Waals surface area contributed by atoms with Crippen LogP contribution in [0.1, 0.15) is 0 Å². The zero-order valence-electron chi connectivity index (χ0n) is 11.9. The number of ether oxygens (including phenoxy) is 2. The van der Waals surface area contributed by atoms with Crippen LogP contribution >= 0.6 is 0 Å². The van der Waals surface area contributed by atoms with Gasteiger partial charge in [-0.3, -0.25) is 14.5 Å². The summed E-state index contributed by atoms with van der Waals surface area (Å²) in [6.07, 6.45) is 0. The summed E-state index contributed by atoms with van der Waals surface area (Å²) in [6, 6.07) is 7.43. The number of aromatic nitrogens is 3. The maximum absolute atomic E-state index is 11.4. The molecular weight excluding hydrogens is 276 g/mol. The lowest BCUT2D eigenvalue weighted by Gasteiger charge is -2.19. The number of methoxy groups -OCH3 is 2. The summed E-state index contributed by atoms with van der Waals surface area (Å²) in [6.45, 7) is 0.143. The Morgan fingerprint density at radius 3 is 2.38 bits per heavy atom. The third-order valence-electron chi connectivity index (χ3n) is 2.91. The zero-order chi connectivity index (χ0) is 15.2. The van der Waals surface area contributed by atoms with Crippen molar-refractivity contribution in [1.82, 2.24) is 19.9 Å². The van der Waals surface area contributed by atoms with Crippen LogP contribution in [0.2, 0.25) is 0 Å². The van der Waals surface area contributed by atoms with Crippen molar-refractivity contribution < 1.29 is 19.1 Å². The number of hydrogen-bond donors (Lipinski definition) is 0. The number of esters is 2. The molecule has 0 aliphatic carbocycles. The van der Waals surface area contributed by atoms with Gasteiger partial charge in [0.15, 0.2) is 0 Å². The van der Waals surface area contributed by atoms with E-state index in [1.165, 1.54) is 14.2 Å². The summed E-state index contributed by atoms with van der Waals surface area (Å²) in [5.41, 5.74) is 1.56. The molecule has 0 unspecified atom stereocenters. The maximum Gasteiger partial charge on any atom is 0.319 e. The molecule has 2 aromatic rings. The van der Waals surface area contributed by atoms with Crippen molar-refractivity contribution in [2.24, 2.45) is 0 Å². The van der Waals surface area contributed by atoms with Crippen LogP contribution in [-0.4, -0.2) is 59.1 Å². The van der Waals surface area contributed by atoms with Crippen molar-refractivity contribution in [3.8, 4) is 0 Å². The highest BCUT2D eigenvalue weighted by Gasteiger charge is 2.17. The number of benzene rings is 1. The van der Waals surface area contributed by atoms with Crippen molar-refractivity contribution in [3.05, 3.63) is 24.3 Å². The van der Waals surface area contributed by atoms with Gasteiger partial charge in [0.2, 0.25) is 0 Å². The highest BCUT2D eigenvalue weighted by Crippen LogP contribution is 2.10. The molecule has 0 saturated heterocycles. The molecule has 1 aromatic carbocycles. The number of nitrogens with zero attached hydrogens (tertiary/aromatic N) is 4. The molecule has 21 heavy (non-hydrogen) atoms. The third kappa shape index (κ3) is 3.76. The lowest BCUT2D eigenvalue weighted by atomic mass is 10.3. The standard InChI is InChI=1S/C13H16N4O4/c1-20-12(18)7-16(8-13(19)21-2)9-17-11-6-4-3-5-10(11)14-15-17/h3-6H,7-9H2,1-2H3. The fourth-order valence-corrected chi connectivity index (χ4v) is 1.86. The minimum Gasteiger partial charge on any atom is -0.468 e. The summed E-state index contributed by atoms with van der Waals surface area (Å²) in [5, 5.41) is 8.05. The lowest BCUT2D eigenvalue weighted by molar-refractivity contribution is -0.146. The van der Waals surface area contributed by atoms with Gasteiger partial charge in [0.05, 0.1) is 39.5 Å². The van der Waals surface area contributed by atoms with Crippen LogP contribution in [0.15, 0.2) is 24.3 Å². The number of fused-ring (bicyclic) bond motifs is 1. The summed E-state index contributed by atoms with van der Waals surface area (Å²) < 4.78 is 10.9. The van der Waals surface area contributed by atoms with Gasteiger partial charge < -0.3 is 9.47 Å². The molecule has 0 fully saturated rings. The average Bonchev–Trinajstić information content (AvgIpc) is 2.90. The van der Waals surface area contributed by atoms with Gasteiger partial charge in [0.25, 0.3) is 0 Å². The molecule has 1 heterocycles. The van der Waals surface area contributed by atoms with Crippen LogP contribution < -0.4 is 0 Å². The molecule has 0 spiro atoms. The van der Waals surface area contributed by atoms with Gasteiger partial charge >= 0.3 is 11.9 Å². The van der Waals surface area contributed by atoms with Crippen molar-refractivity contribution in [2.45, 2.75) is 6.67 Å². The summed E-state index contributed by atoms with van der Waals surface area (Å²) in [5.74, 6) is -0.883. The van der Waals surface area contributed by atoms with Crippen molar-refractivity contribution in [2.75, 3.05) is 27.3 Å². The molecule has 112 valence electrons. The number of hydrogen-bond acceptors (Lipinski definition) is 7. The zero-order valence-corrected chi connectivity index (χ0v) is 11.9.